The third kappa shape index (κ3) is 6.39. The number of nitrogens with zero attached hydrogens (tertiary/aromatic N) is 1. The van der Waals surface area contributed by atoms with E-state index in [1.807, 2.05) is 0 Å². The monoisotopic (exact) mass is 534 g/mol. The highest BCUT2D eigenvalue weighted by Crippen LogP contribution is 2.34. The predicted octanol–water partition coefficient (Wildman–Crippen LogP) is 4.60. The van der Waals surface area contributed by atoms with Crippen molar-refractivity contribution < 1.29 is 27.5 Å². The van der Waals surface area contributed by atoms with Crippen molar-refractivity contribution in [2.45, 2.75) is 42.4 Å². The third-order valence-electron chi connectivity index (χ3n) is 5.19. The maximum atomic E-state index is 13.2. The average molecular weight is 535 g/mol. The molecule has 1 saturated carbocycles. The Balaban J connectivity index is 1.54. The molecule has 0 saturated heterocycles. The van der Waals surface area contributed by atoms with E-state index < -0.39 is 27.8 Å². The summed E-state index contributed by atoms with van der Waals surface area (Å²) in [5.41, 5.74) is 0.948. The molecule has 1 N–H and O–H groups in total. The number of halogens is 1. The molecule has 0 radical (unpaired) electrons. The summed E-state index contributed by atoms with van der Waals surface area (Å²) in [5, 5.41) is 4.87. The van der Waals surface area contributed by atoms with Gasteiger partial charge in [-0.05, 0) is 56.2 Å². The molecule has 2 aromatic carbocycles. The molecule has 1 atom stereocenters. The fraction of sp³-hybridized carbons (Fsp3) is 0.292. The van der Waals surface area contributed by atoms with Crippen LogP contribution in [0.1, 0.15) is 37.1 Å². The van der Waals surface area contributed by atoms with E-state index in [4.69, 9.17) is 21.1 Å². The molecular weight excluding hydrogens is 512 g/mol. The van der Waals surface area contributed by atoms with Crippen molar-refractivity contribution in [1.82, 2.24) is 4.98 Å². The zero-order chi connectivity index (χ0) is 25.0. The van der Waals surface area contributed by atoms with Gasteiger partial charge in [0.25, 0.3) is 5.91 Å². The first-order chi connectivity index (χ1) is 16.8. The number of hydrogen-bond donors (Lipinski definition) is 1. The molecule has 1 aliphatic rings. The smallest absolute Gasteiger partial charge is 0.311 e. The third-order valence-corrected chi connectivity index (χ3v) is 8.53. The first kappa shape index (κ1) is 25.2. The predicted molar refractivity (Wildman–Crippen MR) is 133 cm³/mol. The Morgan fingerprint density at radius 2 is 1.83 bits per heavy atom. The minimum absolute atomic E-state index is 0.00183. The largest absolute Gasteiger partial charge is 0.476 e. The van der Waals surface area contributed by atoms with Gasteiger partial charge in [0.05, 0.1) is 28.9 Å². The maximum absolute atomic E-state index is 13.2. The number of sulfone groups is 1. The van der Waals surface area contributed by atoms with Gasteiger partial charge in [0.2, 0.25) is 6.10 Å². The molecule has 1 heterocycles. The van der Waals surface area contributed by atoms with Gasteiger partial charge in [0, 0.05) is 16.0 Å². The highest BCUT2D eigenvalue weighted by atomic mass is 35.5. The van der Waals surface area contributed by atoms with Gasteiger partial charge in [0.15, 0.2) is 15.0 Å². The zero-order valence-corrected chi connectivity index (χ0v) is 21.2. The van der Waals surface area contributed by atoms with Crippen molar-refractivity contribution >= 4 is 49.8 Å². The lowest BCUT2D eigenvalue weighted by molar-refractivity contribution is -0.142. The van der Waals surface area contributed by atoms with Crippen LogP contribution in [0.25, 0.3) is 0 Å². The molecule has 8 nitrogen and oxygen atoms in total. The SMILES string of the molecule is CCOC(=O)Cc1csc(NC(=O)C(Oc2ccc(Cl)cc2)c2ccc(S(=O)(=O)C3CC3)cc2)n1. The van der Waals surface area contributed by atoms with Crippen molar-refractivity contribution in [3.63, 3.8) is 0 Å². The molecule has 0 aliphatic heterocycles. The number of carbonyl (C=O) groups is 2. The molecule has 35 heavy (non-hydrogen) atoms. The van der Waals surface area contributed by atoms with Gasteiger partial charge < -0.3 is 9.47 Å². The van der Waals surface area contributed by atoms with E-state index in [-0.39, 0.29) is 23.2 Å². The number of nitrogens with one attached hydrogen (secondary N) is 1. The molecular formula is C24H23ClN2O6S2. The number of rotatable bonds is 10. The molecule has 184 valence electrons. The Hall–Kier alpha value is -2.95. The van der Waals surface area contributed by atoms with E-state index in [1.165, 1.54) is 23.5 Å². The van der Waals surface area contributed by atoms with Crippen LogP contribution >= 0.6 is 22.9 Å². The minimum Gasteiger partial charge on any atom is -0.476 e. The lowest BCUT2D eigenvalue weighted by atomic mass is 10.1. The summed E-state index contributed by atoms with van der Waals surface area (Å²) in [4.78, 5) is 29.4. The molecule has 11 heteroatoms. The quantitative estimate of drug-likeness (QED) is 0.378. The van der Waals surface area contributed by atoms with Gasteiger partial charge in [-0.2, -0.15) is 0 Å². The minimum atomic E-state index is -3.35. The summed E-state index contributed by atoms with van der Waals surface area (Å²) in [5.74, 6) is -0.498. The molecule has 0 bridgehead atoms. The first-order valence-electron chi connectivity index (χ1n) is 10.9. The normalized spacial score (nSPS) is 14.2. The van der Waals surface area contributed by atoms with Crippen LogP contribution in [0.5, 0.6) is 5.75 Å². The number of anilines is 1. The summed E-state index contributed by atoms with van der Waals surface area (Å²) in [6, 6.07) is 12.7. The lowest BCUT2D eigenvalue weighted by Gasteiger charge is -2.19. The van der Waals surface area contributed by atoms with Gasteiger partial charge in [-0.1, -0.05) is 23.7 Å². The van der Waals surface area contributed by atoms with Crippen LogP contribution < -0.4 is 10.1 Å². The van der Waals surface area contributed by atoms with Crippen molar-refractivity contribution in [3.8, 4) is 5.75 Å². The number of esters is 1. The van der Waals surface area contributed by atoms with E-state index >= 15 is 0 Å². The fourth-order valence-electron chi connectivity index (χ4n) is 3.30. The maximum Gasteiger partial charge on any atom is 0.311 e. The van der Waals surface area contributed by atoms with E-state index in [0.717, 1.165) is 0 Å². The summed E-state index contributed by atoms with van der Waals surface area (Å²) >= 11 is 7.12. The van der Waals surface area contributed by atoms with Crippen molar-refractivity contribution in [2.24, 2.45) is 0 Å². The zero-order valence-electron chi connectivity index (χ0n) is 18.8. The summed E-state index contributed by atoms with van der Waals surface area (Å²) in [7, 11) is -3.35. The Bertz CT molecular complexity index is 1300. The van der Waals surface area contributed by atoms with Crippen LogP contribution in [-0.4, -0.2) is 37.1 Å². The number of benzene rings is 2. The summed E-state index contributed by atoms with van der Waals surface area (Å²) < 4.78 is 35.9. The number of hydrogen-bond acceptors (Lipinski definition) is 8. The number of thiazole rings is 1. The molecule has 1 fully saturated rings. The first-order valence-corrected chi connectivity index (χ1v) is 13.7. The second-order valence-corrected chi connectivity index (χ2v) is 11.4. The number of carbonyl (C=O) groups excluding carboxylic acids is 2. The van der Waals surface area contributed by atoms with E-state index in [1.54, 1.807) is 48.7 Å². The number of amides is 1. The fourth-order valence-corrected chi connectivity index (χ4v) is 5.80. The molecule has 1 amide bonds. The van der Waals surface area contributed by atoms with Gasteiger partial charge >= 0.3 is 5.97 Å². The molecule has 4 rings (SSSR count). The van der Waals surface area contributed by atoms with E-state index in [2.05, 4.69) is 10.3 Å². The van der Waals surface area contributed by atoms with Gasteiger partial charge in [-0.25, -0.2) is 13.4 Å². The van der Waals surface area contributed by atoms with Crippen LogP contribution in [0.15, 0.2) is 58.8 Å². The molecule has 1 unspecified atom stereocenters. The Labute approximate surface area is 212 Å². The van der Waals surface area contributed by atoms with Crippen molar-refractivity contribution in [3.05, 3.63) is 70.2 Å². The summed E-state index contributed by atoms with van der Waals surface area (Å²) in [6.07, 6.45) is 0.245. The van der Waals surface area contributed by atoms with Crippen LogP contribution in [0.2, 0.25) is 5.02 Å². The Morgan fingerprint density at radius 3 is 2.46 bits per heavy atom. The Morgan fingerprint density at radius 1 is 1.14 bits per heavy atom. The highest BCUT2D eigenvalue weighted by molar-refractivity contribution is 7.92. The second-order valence-electron chi connectivity index (χ2n) is 7.88. The molecule has 3 aromatic rings. The standard InChI is InChI=1S/C24H23ClN2O6S2/c1-2-32-21(28)13-17-14-34-24(26-17)27-23(29)22(33-18-7-5-16(25)6-8-18)15-3-9-19(10-4-15)35(30,31)20-11-12-20/h3-10,14,20,22H,2,11-13H2,1H3,(H,26,27,29). The van der Waals surface area contributed by atoms with Crippen LogP contribution in [0.3, 0.4) is 0 Å². The van der Waals surface area contributed by atoms with Crippen molar-refractivity contribution in [2.75, 3.05) is 11.9 Å². The van der Waals surface area contributed by atoms with Gasteiger partial charge in [0.1, 0.15) is 5.75 Å². The van der Waals surface area contributed by atoms with Crippen LogP contribution in [0.4, 0.5) is 5.13 Å². The van der Waals surface area contributed by atoms with Gasteiger partial charge in [-0.3, -0.25) is 14.9 Å². The topological polar surface area (TPSA) is 112 Å². The summed E-state index contributed by atoms with van der Waals surface area (Å²) in [6.45, 7) is 2.00. The molecule has 1 aliphatic carbocycles. The molecule has 0 spiro atoms. The van der Waals surface area contributed by atoms with Crippen LogP contribution in [0, 0.1) is 0 Å². The second kappa shape index (κ2) is 10.8. The number of ether oxygens (including phenoxy) is 2. The van der Waals surface area contributed by atoms with E-state index in [0.29, 0.717) is 40.0 Å². The van der Waals surface area contributed by atoms with Crippen molar-refractivity contribution in [1.29, 1.82) is 0 Å². The van der Waals surface area contributed by atoms with E-state index in [9.17, 15) is 18.0 Å². The molecule has 1 aromatic heterocycles. The van der Waals surface area contributed by atoms with Gasteiger partial charge in [-0.15, -0.1) is 11.3 Å². The average Bonchev–Trinajstić information content (AvgIpc) is 3.61. The van der Waals surface area contributed by atoms with Crippen LogP contribution in [-0.2, 0) is 30.6 Å². The number of aromatic nitrogens is 1. The Kier molecular flexibility index (Phi) is 7.73. The lowest BCUT2D eigenvalue weighted by Crippen LogP contribution is -2.26. The highest BCUT2D eigenvalue weighted by Gasteiger charge is 2.37.